The Labute approximate surface area is 126 Å². The highest BCUT2D eigenvalue weighted by Gasteiger charge is 2.29. The lowest BCUT2D eigenvalue weighted by Gasteiger charge is -2.29. The van der Waals surface area contributed by atoms with Gasteiger partial charge in [-0.15, -0.1) is 0 Å². The zero-order valence-electron chi connectivity index (χ0n) is 12.7. The third-order valence-corrected chi connectivity index (χ3v) is 5.33. The van der Waals surface area contributed by atoms with Crippen molar-refractivity contribution in [2.24, 2.45) is 5.92 Å². The molecule has 1 aliphatic heterocycles. The Morgan fingerprint density at radius 1 is 1.19 bits per heavy atom. The largest absolute Gasteiger partial charge is 0.325 e. The first-order chi connectivity index (χ1) is 9.79. The van der Waals surface area contributed by atoms with Gasteiger partial charge in [0.1, 0.15) is 0 Å². The number of benzene rings is 1. The monoisotopic (exact) mass is 310 g/mol. The molecule has 0 bridgehead atoms. The third kappa shape index (κ3) is 3.83. The summed E-state index contributed by atoms with van der Waals surface area (Å²) in [6.07, 6.45) is 2.36. The molecule has 116 valence electrons. The van der Waals surface area contributed by atoms with Gasteiger partial charge in [0.25, 0.3) is 0 Å². The number of carbonyl (C=O) groups excluding carboxylic acids is 1. The fourth-order valence-corrected chi connectivity index (χ4v) is 3.56. The number of carbonyl (C=O) groups is 1. The quantitative estimate of drug-likeness (QED) is 0.927. The molecule has 0 aromatic heterocycles. The minimum atomic E-state index is -3.15. The fourth-order valence-electron chi connectivity index (χ4n) is 2.69. The summed E-state index contributed by atoms with van der Waals surface area (Å²) in [4.78, 5) is 12.3. The van der Waals surface area contributed by atoms with Crippen LogP contribution in [0.5, 0.6) is 0 Å². The molecule has 1 N–H and O–H groups in total. The summed E-state index contributed by atoms with van der Waals surface area (Å²) in [5.74, 6) is -0.137. The molecule has 0 radical (unpaired) electrons. The van der Waals surface area contributed by atoms with Crippen molar-refractivity contribution in [3.05, 3.63) is 29.3 Å². The van der Waals surface area contributed by atoms with Crippen LogP contribution in [0.4, 0.5) is 5.69 Å². The van der Waals surface area contributed by atoms with Gasteiger partial charge in [-0.1, -0.05) is 18.2 Å². The van der Waals surface area contributed by atoms with Gasteiger partial charge in [0.05, 0.1) is 6.26 Å². The summed E-state index contributed by atoms with van der Waals surface area (Å²) in [6.45, 7) is 4.77. The molecule has 0 saturated carbocycles. The standard InChI is InChI=1S/C15H22N2O3S/c1-11-5-4-6-12(2)14(11)16-15(18)13-7-9-17(10-8-13)21(3,19)20/h4-6,13H,7-10H2,1-3H3,(H,16,18). The van der Waals surface area contributed by atoms with E-state index >= 15 is 0 Å². The normalized spacial score (nSPS) is 17.7. The van der Waals surface area contributed by atoms with Gasteiger partial charge in [-0.25, -0.2) is 12.7 Å². The molecule has 1 fully saturated rings. The van der Waals surface area contributed by atoms with Crippen molar-refractivity contribution in [1.82, 2.24) is 4.31 Å². The van der Waals surface area contributed by atoms with E-state index in [0.717, 1.165) is 16.8 Å². The average molecular weight is 310 g/mol. The molecule has 1 amide bonds. The van der Waals surface area contributed by atoms with E-state index in [1.165, 1.54) is 10.6 Å². The van der Waals surface area contributed by atoms with Crippen LogP contribution in [0.3, 0.4) is 0 Å². The summed E-state index contributed by atoms with van der Waals surface area (Å²) in [5, 5.41) is 2.99. The summed E-state index contributed by atoms with van der Waals surface area (Å²) in [7, 11) is -3.15. The number of nitrogens with one attached hydrogen (secondary N) is 1. The highest BCUT2D eigenvalue weighted by molar-refractivity contribution is 7.88. The molecule has 1 saturated heterocycles. The Hall–Kier alpha value is -1.40. The van der Waals surface area contributed by atoms with Crippen molar-refractivity contribution in [2.75, 3.05) is 24.7 Å². The van der Waals surface area contributed by atoms with E-state index in [4.69, 9.17) is 0 Å². The zero-order chi connectivity index (χ0) is 15.6. The molecule has 6 heteroatoms. The van der Waals surface area contributed by atoms with E-state index in [-0.39, 0.29) is 11.8 Å². The number of sulfonamides is 1. The minimum absolute atomic E-state index is 0.0134. The van der Waals surface area contributed by atoms with Crippen LogP contribution >= 0.6 is 0 Å². The smallest absolute Gasteiger partial charge is 0.227 e. The zero-order valence-corrected chi connectivity index (χ0v) is 13.5. The first kappa shape index (κ1) is 16.0. The Bertz CT molecular complexity index is 612. The number of rotatable bonds is 3. The Balaban J connectivity index is 2.00. The van der Waals surface area contributed by atoms with E-state index in [9.17, 15) is 13.2 Å². The summed E-state index contributed by atoms with van der Waals surface area (Å²) in [6, 6.07) is 5.90. The van der Waals surface area contributed by atoms with Gasteiger partial charge < -0.3 is 5.32 Å². The number of nitrogens with zero attached hydrogens (tertiary/aromatic N) is 1. The van der Waals surface area contributed by atoms with Crippen LogP contribution in [0.2, 0.25) is 0 Å². The molecule has 5 nitrogen and oxygen atoms in total. The molecular formula is C15H22N2O3S. The third-order valence-electron chi connectivity index (χ3n) is 4.02. The predicted molar refractivity (Wildman–Crippen MR) is 83.7 cm³/mol. The van der Waals surface area contributed by atoms with Crippen molar-refractivity contribution >= 4 is 21.6 Å². The molecule has 1 aromatic rings. The van der Waals surface area contributed by atoms with Crippen molar-refractivity contribution in [1.29, 1.82) is 0 Å². The van der Waals surface area contributed by atoms with Gasteiger partial charge in [0.15, 0.2) is 0 Å². The highest BCUT2D eigenvalue weighted by Crippen LogP contribution is 2.24. The first-order valence-corrected chi connectivity index (χ1v) is 8.96. The number of amides is 1. The SMILES string of the molecule is Cc1cccc(C)c1NC(=O)C1CCN(S(C)(=O)=O)CC1. The maximum Gasteiger partial charge on any atom is 0.227 e. The summed E-state index contributed by atoms with van der Waals surface area (Å²) < 4.78 is 24.4. The maximum atomic E-state index is 12.3. The van der Waals surface area contributed by atoms with Crippen LogP contribution < -0.4 is 5.32 Å². The second-order valence-corrected chi connectivity index (χ2v) is 7.67. The topological polar surface area (TPSA) is 66.5 Å². The Kier molecular flexibility index (Phi) is 4.68. The Morgan fingerprint density at radius 3 is 2.19 bits per heavy atom. The number of piperidine rings is 1. The summed E-state index contributed by atoms with van der Waals surface area (Å²) >= 11 is 0. The number of anilines is 1. The van der Waals surface area contributed by atoms with Gasteiger partial charge in [-0.3, -0.25) is 4.79 Å². The second-order valence-electron chi connectivity index (χ2n) is 5.69. The minimum Gasteiger partial charge on any atom is -0.325 e. The van der Waals surface area contributed by atoms with Crippen molar-refractivity contribution in [3.8, 4) is 0 Å². The molecule has 1 aromatic carbocycles. The number of hydrogen-bond acceptors (Lipinski definition) is 3. The fraction of sp³-hybridized carbons (Fsp3) is 0.533. The molecule has 0 spiro atoms. The number of hydrogen-bond donors (Lipinski definition) is 1. The van der Waals surface area contributed by atoms with E-state index < -0.39 is 10.0 Å². The molecule has 1 aliphatic rings. The Morgan fingerprint density at radius 2 is 1.71 bits per heavy atom. The predicted octanol–water partition coefficient (Wildman–Crippen LogP) is 1.91. The van der Waals surface area contributed by atoms with Crippen LogP contribution in [-0.2, 0) is 14.8 Å². The van der Waals surface area contributed by atoms with Gasteiger partial charge in [-0.05, 0) is 37.8 Å². The molecule has 0 unspecified atom stereocenters. The van der Waals surface area contributed by atoms with Crippen LogP contribution in [0.1, 0.15) is 24.0 Å². The number of para-hydroxylation sites is 1. The van der Waals surface area contributed by atoms with Gasteiger partial charge in [0.2, 0.25) is 15.9 Å². The lowest BCUT2D eigenvalue weighted by molar-refractivity contribution is -0.120. The van der Waals surface area contributed by atoms with Crippen molar-refractivity contribution in [3.63, 3.8) is 0 Å². The summed E-state index contributed by atoms with van der Waals surface area (Å²) in [5.41, 5.74) is 2.95. The molecule has 2 rings (SSSR count). The van der Waals surface area contributed by atoms with Crippen molar-refractivity contribution < 1.29 is 13.2 Å². The average Bonchev–Trinajstić information content (AvgIpc) is 2.42. The van der Waals surface area contributed by atoms with Crippen LogP contribution in [0, 0.1) is 19.8 Å². The first-order valence-electron chi connectivity index (χ1n) is 7.11. The van der Waals surface area contributed by atoms with Gasteiger partial charge in [0, 0.05) is 24.7 Å². The molecule has 1 heterocycles. The van der Waals surface area contributed by atoms with Gasteiger partial charge in [-0.2, -0.15) is 0 Å². The lowest BCUT2D eigenvalue weighted by Crippen LogP contribution is -2.41. The van der Waals surface area contributed by atoms with E-state index in [1.54, 1.807) is 0 Å². The lowest BCUT2D eigenvalue weighted by atomic mass is 9.96. The van der Waals surface area contributed by atoms with E-state index in [1.807, 2.05) is 32.0 Å². The molecule has 21 heavy (non-hydrogen) atoms. The molecule has 0 aliphatic carbocycles. The van der Waals surface area contributed by atoms with Gasteiger partial charge >= 0.3 is 0 Å². The van der Waals surface area contributed by atoms with Crippen LogP contribution in [0.25, 0.3) is 0 Å². The van der Waals surface area contributed by atoms with Crippen LogP contribution in [0.15, 0.2) is 18.2 Å². The van der Waals surface area contributed by atoms with Crippen LogP contribution in [-0.4, -0.2) is 38.0 Å². The van der Waals surface area contributed by atoms with E-state index in [0.29, 0.717) is 25.9 Å². The molecule has 0 atom stereocenters. The number of aryl methyl sites for hydroxylation is 2. The second kappa shape index (κ2) is 6.15. The van der Waals surface area contributed by atoms with E-state index in [2.05, 4.69) is 5.32 Å². The van der Waals surface area contributed by atoms with Crippen molar-refractivity contribution in [2.45, 2.75) is 26.7 Å². The highest BCUT2D eigenvalue weighted by atomic mass is 32.2. The maximum absolute atomic E-state index is 12.3. The molecular weight excluding hydrogens is 288 g/mol.